The van der Waals surface area contributed by atoms with E-state index in [1.807, 2.05) is 30.3 Å². The monoisotopic (exact) mass is 282 g/mol. The summed E-state index contributed by atoms with van der Waals surface area (Å²) in [5, 5.41) is 13.4. The summed E-state index contributed by atoms with van der Waals surface area (Å²) < 4.78 is 10.6. The molecular formula is C16H14N2O3. The quantitative estimate of drug-likeness (QED) is 0.796. The summed E-state index contributed by atoms with van der Waals surface area (Å²) in [6, 6.07) is 14.4. The molecule has 106 valence electrons. The topological polar surface area (TPSA) is 68.4 Å². The fourth-order valence-corrected chi connectivity index (χ4v) is 2.10. The fraction of sp³-hybridized carbons (Fsp3) is 0.125. The molecule has 5 nitrogen and oxygen atoms in total. The van der Waals surface area contributed by atoms with Crippen LogP contribution in [0.1, 0.15) is 11.5 Å². The number of para-hydroxylation sites is 1. The first kappa shape index (κ1) is 13.2. The van der Waals surface area contributed by atoms with Gasteiger partial charge in [0, 0.05) is 11.1 Å². The van der Waals surface area contributed by atoms with Gasteiger partial charge in [-0.3, -0.25) is 0 Å². The number of methoxy groups -OCH3 is 1. The second kappa shape index (κ2) is 5.66. The molecule has 0 spiro atoms. The van der Waals surface area contributed by atoms with Crippen LogP contribution in [0.15, 0.2) is 53.1 Å². The Bertz CT molecular complexity index is 753. The molecule has 3 rings (SSSR count). The number of aromatic hydroxyl groups is 1. The van der Waals surface area contributed by atoms with Gasteiger partial charge >= 0.3 is 0 Å². The first-order valence-electron chi connectivity index (χ1n) is 6.50. The zero-order valence-electron chi connectivity index (χ0n) is 11.5. The van der Waals surface area contributed by atoms with E-state index in [4.69, 9.17) is 9.26 Å². The lowest BCUT2D eigenvalue weighted by atomic mass is 10.1. The second-order valence-corrected chi connectivity index (χ2v) is 4.55. The minimum absolute atomic E-state index is 0.170. The van der Waals surface area contributed by atoms with Crippen molar-refractivity contribution in [3.05, 3.63) is 60.0 Å². The summed E-state index contributed by atoms with van der Waals surface area (Å²) in [5.74, 6) is 1.91. The molecule has 0 saturated carbocycles. The van der Waals surface area contributed by atoms with Crippen LogP contribution in [0.4, 0.5) is 0 Å². The second-order valence-electron chi connectivity index (χ2n) is 4.55. The molecule has 0 saturated heterocycles. The lowest BCUT2D eigenvalue weighted by molar-refractivity contribution is 0.379. The maximum atomic E-state index is 9.48. The zero-order valence-corrected chi connectivity index (χ0v) is 11.5. The lowest BCUT2D eigenvalue weighted by Crippen LogP contribution is -1.93. The van der Waals surface area contributed by atoms with Crippen LogP contribution in [0.5, 0.6) is 11.5 Å². The Morgan fingerprint density at radius 1 is 1.14 bits per heavy atom. The van der Waals surface area contributed by atoms with Gasteiger partial charge in [-0.2, -0.15) is 4.98 Å². The predicted molar refractivity (Wildman–Crippen MR) is 77.2 cm³/mol. The van der Waals surface area contributed by atoms with Gasteiger partial charge in [0.15, 0.2) is 0 Å². The van der Waals surface area contributed by atoms with Crippen LogP contribution in [-0.4, -0.2) is 22.4 Å². The molecule has 2 aromatic carbocycles. The molecule has 0 aliphatic rings. The van der Waals surface area contributed by atoms with Crippen LogP contribution in [0.25, 0.3) is 11.4 Å². The van der Waals surface area contributed by atoms with Crippen molar-refractivity contribution in [2.24, 2.45) is 0 Å². The van der Waals surface area contributed by atoms with Crippen molar-refractivity contribution in [3.8, 4) is 22.9 Å². The van der Waals surface area contributed by atoms with Gasteiger partial charge in [0.05, 0.1) is 13.5 Å². The van der Waals surface area contributed by atoms with E-state index in [1.165, 1.54) is 0 Å². The van der Waals surface area contributed by atoms with Gasteiger partial charge in [0.25, 0.3) is 0 Å². The third kappa shape index (κ3) is 2.86. The number of hydrogen-bond acceptors (Lipinski definition) is 5. The summed E-state index contributed by atoms with van der Waals surface area (Å²) in [7, 11) is 1.63. The number of ether oxygens (including phenoxy) is 1. The van der Waals surface area contributed by atoms with Crippen LogP contribution in [0.2, 0.25) is 0 Å². The molecule has 0 fully saturated rings. The first-order chi connectivity index (χ1) is 10.3. The van der Waals surface area contributed by atoms with Crippen molar-refractivity contribution in [1.82, 2.24) is 10.1 Å². The van der Waals surface area contributed by atoms with Gasteiger partial charge in [0.1, 0.15) is 11.5 Å². The number of hydrogen-bond donors (Lipinski definition) is 1. The smallest absolute Gasteiger partial charge is 0.231 e. The third-order valence-electron chi connectivity index (χ3n) is 3.11. The Kier molecular flexibility index (Phi) is 3.55. The summed E-state index contributed by atoms with van der Waals surface area (Å²) in [6.07, 6.45) is 0.496. The maximum absolute atomic E-state index is 9.48. The zero-order chi connectivity index (χ0) is 14.7. The van der Waals surface area contributed by atoms with Gasteiger partial charge in [0.2, 0.25) is 11.7 Å². The van der Waals surface area contributed by atoms with E-state index >= 15 is 0 Å². The van der Waals surface area contributed by atoms with E-state index in [0.717, 1.165) is 11.3 Å². The fourth-order valence-electron chi connectivity index (χ4n) is 2.10. The van der Waals surface area contributed by atoms with Crippen LogP contribution < -0.4 is 4.74 Å². The van der Waals surface area contributed by atoms with E-state index in [2.05, 4.69) is 10.1 Å². The highest BCUT2D eigenvalue weighted by Crippen LogP contribution is 2.23. The first-order valence-corrected chi connectivity index (χ1v) is 6.50. The van der Waals surface area contributed by atoms with Crippen LogP contribution in [-0.2, 0) is 6.42 Å². The minimum Gasteiger partial charge on any atom is -0.508 e. The van der Waals surface area contributed by atoms with E-state index in [-0.39, 0.29) is 5.75 Å². The Morgan fingerprint density at radius 2 is 2.00 bits per heavy atom. The molecule has 5 heteroatoms. The molecule has 1 N–H and O–H groups in total. The molecule has 0 atom stereocenters. The normalized spacial score (nSPS) is 10.5. The van der Waals surface area contributed by atoms with Gasteiger partial charge < -0.3 is 14.4 Å². The Balaban J connectivity index is 1.85. The molecule has 0 aliphatic heterocycles. The predicted octanol–water partition coefficient (Wildman–Crippen LogP) is 3.04. The number of phenols is 1. The molecule has 1 heterocycles. The molecule has 0 amide bonds. The number of nitrogens with zero attached hydrogens (tertiary/aromatic N) is 2. The van der Waals surface area contributed by atoms with Crippen molar-refractivity contribution < 1.29 is 14.4 Å². The number of aromatic nitrogens is 2. The van der Waals surface area contributed by atoms with E-state index in [1.54, 1.807) is 25.3 Å². The standard InChI is InChI=1S/C16H14N2O3/c1-20-14-8-3-2-5-11(14)10-15-17-16(18-21-15)12-6-4-7-13(19)9-12/h2-9,19H,10H2,1H3. The van der Waals surface area contributed by atoms with Crippen molar-refractivity contribution in [2.75, 3.05) is 7.11 Å². The van der Waals surface area contributed by atoms with Crippen molar-refractivity contribution in [2.45, 2.75) is 6.42 Å². The van der Waals surface area contributed by atoms with Crippen molar-refractivity contribution >= 4 is 0 Å². The minimum atomic E-state index is 0.170. The number of rotatable bonds is 4. The molecular weight excluding hydrogens is 268 g/mol. The third-order valence-corrected chi connectivity index (χ3v) is 3.11. The Morgan fingerprint density at radius 3 is 2.81 bits per heavy atom. The van der Waals surface area contributed by atoms with Crippen molar-refractivity contribution in [3.63, 3.8) is 0 Å². The number of phenolic OH excluding ortho intramolecular Hbond substituents is 1. The van der Waals surface area contributed by atoms with Gasteiger partial charge in [-0.05, 0) is 18.2 Å². The molecule has 0 radical (unpaired) electrons. The van der Waals surface area contributed by atoms with Gasteiger partial charge in [-0.15, -0.1) is 0 Å². The van der Waals surface area contributed by atoms with Gasteiger partial charge in [-0.25, -0.2) is 0 Å². The molecule has 21 heavy (non-hydrogen) atoms. The average molecular weight is 282 g/mol. The molecule has 1 aromatic heterocycles. The van der Waals surface area contributed by atoms with E-state index in [9.17, 15) is 5.11 Å². The van der Waals surface area contributed by atoms with Crippen LogP contribution in [0.3, 0.4) is 0 Å². The number of benzene rings is 2. The molecule has 3 aromatic rings. The highest BCUT2D eigenvalue weighted by atomic mass is 16.5. The Hall–Kier alpha value is -2.82. The maximum Gasteiger partial charge on any atom is 0.231 e. The summed E-state index contributed by atoms with van der Waals surface area (Å²) in [6.45, 7) is 0. The van der Waals surface area contributed by atoms with E-state index < -0.39 is 0 Å². The van der Waals surface area contributed by atoms with Crippen molar-refractivity contribution in [1.29, 1.82) is 0 Å². The highest BCUT2D eigenvalue weighted by molar-refractivity contribution is 5.56. The lowest BCUT2D eigenvalue weighted by Gasteiger charge is -2.04. The van der Waals surface area contributed by atoms with Crippen LogP contribution in [0, 0.1) is 0 Å². The average Bonchev–Trinajstić information content (AvgIpc) is 2.96. The molecule has 0 bridgehead atoms. The van der Waals surface area contributed by atoms with Gasteiger partial charge in [-0.1, -0.05) is 35.5 Å². The highest BCUT2D eigenvalue weighted by Gasteiger charge is 2.11. The molecule has 0 aliphatic carbocycles. The largest absolute Gasteiger partial charge is 0.508 e. The SMILES string of the molecule is COc1ccccc1Cc1nc(-c2cccc(O)c2)no1. The summed E-state index contributed by atoms with van der Waals surface area (Å²) in [5.41, 5.74) is 1.69. The summed E-state index contributed by atoms with van der Waals surface area (Å²) >= 11 is 0. The molecule has 0 unspecified atom stereocenters. The van der Waals surface area contributed by atoms with Crippen LogP contribution >= 0.6 is 0 Å². The Labute approximate surface area is 121 Å². The van der Waals surface area contributed by atoms with E-state index in [0.29, 0.717) is 23.7 Å². The summed E-state index contributed by atoms with van der Waals surface area (Å²) in [4.78, 5) is 4.35.